The molecule has 1 fully saturated rings. The van der Waals surface area contributed by atoms with Crippen molar-refractivity contribution in [3.63, 3.8) is 0 Å². The number of rotatable bonds is 6. The summed E-state index contributed by atoms with van der Waals surface area (Å²) in [4.78, 5) is 0. The quantitative estimate of drug-likeness (QED) is 0.800. The molecule has 3 nitrogen and oxygen atoms in total. The summed E-state index contributed by atoms with van der Waals surface area (Å²) < 4.78 is 11.1. The highest BCUT2D eigenvalue weighted by atomic mass is 16.5. The van der Waals surface area contributed by atoms with Crippen LogP contribution in [-0.4, -0.2) is 19.8 Å². The minimum atomic E-state index is 0.402. The first-order valence-electron chi connectivity index (χ1n) is 5.87. The lowest BCUT2D eigenvalue weighted by Gasteiger charge is -2.11. The van der Waals surface area contributed by atoms with Crippen molar-refractivity contribution in [2.45, 2.75) is 31.8 Å². The summed E-state index contributed by atoms with van der Waals surface area (Å²) >= 11 is 0. The fourth-order valence-corrected chi connectivity index (χ4v) is 1.64. The first-order valence-corrected chi connectivity index (χ1v) is 5.87. The molecule has 16 heavy (non-hydrogen) atoms. The van der Waals surface area contributed by atoms with Crippen molar-refractivity contribution in [1.82, 2.24) is 0 Å². The molecular weight excluding hydrogens is 202 g/mol. The average Bonchev–Trinajstić information content (AvgIpc) is 3.10. The molecule has 1 aromatic rings. The molecule has 0 spiro atoms. The third kappa shape index (κ3) is 2.89. The van der Waals surface area contributed by atoms with Crippen LogP contribution in [0.2, 0.25) is 0 Å². The Morgan fingerprint density at radius 1 is 1.31 bits per heavy atom. The maximum atomic E-state index is 5.81. The molecule has 0 radical (unpaired) electrons. The lowest BCUT2D eigenvalue weighted by atomic mass is 10.1. The van der Waals surface area contributed by atoms with Gasteiger partial charge in [-0.15, -0.1) is 0 Å². The number of hydrogen-bond acceptors (Lipinski definition) is 3. The van der Waals surface area contributed by atoms with Gasteiger partial charge in [0.25, 0.3) is 0 Å². The smallest absolute Gasteiger partial charge is 0.161 e. The number of ether oxygens (including phenoxy) is 2. The van der Waals surface area contributed by atoms with Crippen molar-refractivity contribution in [2.75, 3.05) is 13.7 Å². The van der Waals surface area contributed by atoms with Gasteiger partial charge in [-0.2, -0.15) is 0 Å². The van der Waals surface area contributed by atoms with Crippen molar-refractivity contribution < 1.29 is 9.47 Å². The van der Waals surface area contributed by atoms with Crippen molar-refractivity contribution in [3.05, 3.63) is 23.8 Å². The van der Waals surface area contributed by atoms with E-state index in [1.54, 1.807) is 7.11 Å². The van der Waals surface area contributed by atoms with Gasteiger partial charge < -0.3 is 15.2 Å². The fraction of sp³-hybridized carbons (Fsp3) is 0.538. The van der Waals surface area contributed by atoms with E-state index in [1.165, 1.54) is 5.56 Å². The summed E-state index contributed by atoms with van der Waals surface area (Å²) in [5.74, 6) is 1.70. The van der Waals surface area contributed by atoms with Gasteiger partial charge in [-0.05, 0) is 49.9 Å². The molecule has 0 amide bonds. The summed E-state index contributed by atoms with van der Waals surface area (Å²) in [5.41, 5.74) is 6.77. The van der Waals surface area contributed by atoms with E-state index < -0.39 is 0 Å². The molecule has 1 saturated carbocycles. The summed E-state index contributed by atoms with van der Waals surface area (Å²) in [6.07, 6.45) is 4.74. The van der Waals surface area contributed by atoms with E-state index in [2.05, 4.69) is 12.1 Å². The number of benzene rings is 1. The lowest BCUT2D eigenvalue weighted by molar-refractivity contribution is 0.282. The van der Waals surface area contributed by atoms with Crippen LogP contribution >= 0.6 is 0 Å². The standard InChI is InChI=1S/C13H19NO2/c1-15-12-7-4-10(3-2-8-14)9-13(12)16-11-5-6-11/h4,7,9,11H,2-3,5-6,8,14H2,1H3. The van der Waals surface area contributed by atoms with E-state index in [0.717, 1.165) is 43.7 Å². The van der Waals surface area contributed by atoms with Gasteiger partial charge >= 0.3 is 0 Å². The van der Waals surface area contributed by atoms with Crippen LogP contribution in [0.5, 0.6) is 11.5 Å². The molecule has 0 aliphatic heterocycles. The molecule has 2 rings (SSSR count). The molecule has 0 atom stereocenters. The van der Waals surface area contributed by atoms with Crippen LogP contribution in [0.3, 0.4) is 0 Å². The number of aryl methyl sites for hydroxylation is 1. The van der Waals surface area contributed by atoms with Gasteiger partial charge in [0.05, 0.1) is 13.2 Å². The van der Waals surface area contributed by atoms with Gasteiger partial charge in [-0.3, -0.25) is 0 Å². The maximum Gasteiger partial charge on any atom is 0.161 e. The molecule has 3 heteroatoms. The first kappa shape index (κ1) is 11.3. The summed E-state index contributed by atoms with van der Waals surface area (Å²) in [7, 11) is 1.68. The van der Waals surface area contributed by atoms with Crippen molar-refractivity contribution >= 4 is 0 Å². The summed E-state index contributed by atoms with van der Waals surface area (Å²) in [6, 6.07) is 6.13. The van der Waals surface area contributed by atoms with Gasteiger partial charge in [0.15, 0.2) is 11.5 Å². The molecule has 0 aromatic heterocycles. The molecule has 0 bridgehead atoms. The first-order chi connectivity index (χ1) is 7.83. The van der Waals surface area contributed by atoms with Gasteiger partial charge in [-0.1, -0.05) is 6.07 Å². The largest absolute Gasteiger partial charge is 0.493 e. The van der Waals surface area contributed by atoms with Crippen LogP contribution < -0.4 is 15.2 Å². The van der Waals surface area contributed by atoms with E-state index >= 15 is 0 Å². The average molecular weight is 221 g/mol. The molecule has 0 saturated heterocycles. The van der Waals surface area contributed by atoms with Gasteiger partial charge in [-0.25, -0.2) is 0 Å². The Kier molecular flexibility index (Phi) is 3.67. The molecule has 1 aromatic carbocycles. The topological polar surface area (TPSA) is 44.5 Å². The highest BCUT2D eigenvalue weighted by Crippen LogP contribution is 2.34. The Bertz CT molecular complexity index is 348. The van der Waals surface area contributed by atoms with Gasteiger partial charge in [0, 0.05) is 0 Å². The van der Waals surface area contributed by atoms with Gasteiger partial charge in [0.2, 0.25) is 0 Å². The van der Waals surface area contributed by atoms with E-state index in [9.17, 15) is 0 Å². The van der Waals surface area contributed by atoms with Crippen LogP contribution in [0.1, 0.15) is 24.8 Å². The SMILES string of the molecule is COc1ccc(CCCN)cc1OC1CC1. The van der Waals surface area contributed by atoms with Crippen LogP contribution in [0.15, 0.2) is 18.2 Å². The second-order valence-corrected chi connectivity index (χ2v) is 4.19. The predicted molar refractivity (Wildman–Crippen MR) is 64.0 cm³/mol. The molecule has 88 valence electrons. The van der Waals surface area contributed by atoms with Crippen molar-refractivity contribution in [1.29, 1.82) is 0 Å². The molecular formula is C13H19NO2. The lowest BCUT2D eigenvalue weighted by Crippen LogP contribution is -2.02. The zero-order chi connectivity index (χ0) is 11.4. The van der Waals surface area contributed by atoms with Crippen LogP contribution in [-0.2, 0) is 6.42 Å². The second kappa shape index (κ2) is 5.21. The monoisotopic (exact) mass is 221 g/mol. The molecule has 0 unspecified atom stereocenters. The predicted octanol–water partition coefficient (Wildman–Crippen LogP) is 2.13. The Morgan fingerprint density at radius 2 is 2.12 bits per heavy atom. The van der Waals surface area contributed by atoms with E-state index in [0.29, 0.717) is 6.10 Å². The minimum Gasteiger partial charge on any atom is -0.493 e. The Hall–Kier alpha value is -1.22. The van der Waals surface area contributed by atoms with Crippen molar-refractivity contribution in [2.24, 2.45) is 5.73 Å². The third-order valence-corrected chi connectivity index (χ3v) is 2.72. The molecule has 1 aliphatic rings. The molecule has 1 aliphatic carbocycles. The third-order valence-electron chi connectivity index (χ3n) is 2.72. The zero-order valence-electron chi connectivity index (χ0n) is 9.74. The zero-order valence-corrected chi connectivity index (χ0v) is 9.74. The van der Waals surface area contributed by atoms with Gasteiger partial charge in [0.1, 0.15) is 0 Å². The minimum absolute atomic E-state index is 0.402. The highest BCUT2D eigenvalue weighted by molar-refractivity contribution is 5.43. The van der Waals surface area contributed by atoms with Crippen LogP contribution in [0.4, 0.5) is 0 Å². The van der Waals surface area contributed by atoms with E-state index in [4.69, 9.17) is 15.2 Å². The number of nitrogens with two attached hydrogens (primary N) is 1. The molecule has 2 N–H and O–H groups in total. The fourth-order valence-electron chi connectivity index (χ4n) is 1.64. The summed E-state index contributed by atoms with van der Waals surface area (Å²) in [6.45, 7) is 0.727. The Morgan fingerprint density at radius 3 is 2.75 bits per heavy atom. The van der Waals surface area contributed by atoms with Crippen LogP contribution in [0, 0.1) is 0 Å². The number of hydrogen-bond donors (Lipinski definition) is 1. The summed E-state index contributed by atoms with van der Waals surface area (Å²) in [5, 5.41) is 0. The highest BCUT2D eigenvalue weighted by Gasteiger charge is 2.24. The Balaban J connectivity index is 2.09. The van der Waals surface area contributed by atoms with E-state index in [-0.39, 0.29) is 0 Å². The van der Waals surface area contributed by atoms with Crippen molar-refractivity contribution in [3.8, 4) is 11.5 Å². The van der Waals surface area contributed by atoms with Crippen LogP contribution in [0.25, 0.3) is 0 Å². The maximum absolute atomic E-state index is 5.81. The van der Waals surface area contributed by atoms with E-state index in [1.807, 2.05) is 6.07 Å². The normalized spacial score (nSPS) is 14.9. The number of methoxy groups -OCH3 is 1. The Labute approximate surface area is 96.5 Å². The molecule has 0 heterocycles. The second-order valence-electron chi connectivity index (χ2n) is 4.19.